The van der Waals surface area contributed by atoms with Crippen LogP contribution in [0.5, 0.6) is 0 Å². The molecule has 0 aliphatic carbocycles. The highest BCUT2D eigenvalue weighted by atomic mass is 14.1. The third-order valence-corrected chi connectivity index (χ3v) is 7.18. The number of hydrogen-bond donors (Lipinski definition) is 0. The van der Waals surface area contributed by atoms with E-state index in [1.807, 2.05) is 0 Å². The molecule has 0 aliphatic heterocycles. The standard InChI is InChI=1S/C31H63/c1-4-6-8-10-12-14-16-18-20-22-24-26-28-30-31(3)29-27-25-23-21-19-17-15-13-11-9-7-5-2/h31H,3-30H2,1-2H3. The summed E-state index contributed by atoms with van der Waals surface area (Å²) in [7, 11) is 0. The molecule has 0 aromatic rings. The lowest BCUT2D eigenvalue weighted by atomic mass is 9.95. The summed E-state index contributed by atoms with van der Waals surface area (Å²) in [6.45, 7) is 9.03. The molecular formula is C31H63. The molecular weight excluding hydrogens is 372 g/mol. The molecule has 0 heterocycles. The highest BCUT2D eigenvalue weighted by Crippen LogP contribution is 2.19. The quantitative estimate of drug-likeness (QED) is 0.112. The first kappa shape index (κ1) is 31.0. The van der Waals surface area contributed by atoms with Gasteiger partial charge in [0.2, 0.25) is 0 Å². The molecule has 0 fully saturated rings. The van der Waals surface area contributed by atoms with E-state index in [1.165, 1.54) is 173 Å². The lowest BCUT2D eigenvalue weighted by Crippen LogP contribution is -1.95. The van der Waals surface area contributed by atoms with E-state index in [2.05, 4.69) is 20.8 Å². The van der Waals surface area contributed by atoms with Crippen molar-refractivity contribution >= 4 is 0 Å². The fourth-order valence-corrected chi connectivity index (χ4v) is 4.87. The average Bonchev–Trinajstić information content (AvgIpc) is 2.77. The predicted octanol–water partition coefficient (Wildman–Crippen LogP) is 12.0. The molecule has 0 N–H and O–H groups in total. The maximum atomic E-state index is 4.42. The molecule has 0 bridgehead atoms. The van der Waals surface area contributed by atoms with Crippen LogP contribution in [-0.2, 0) is 0 Å². The minimum atomic E-state index is 0.718. The van der Waals surface area contributed by atoms with E-state index in [1.54, 1.807) is 0 Å². The lowest BCUT2D eigenvalue weighted by molar-refractivity contribution is 0.459. The second-order valence-electron chi connectivity index (χ2n) is 10.6. The average molecular weight is 436 g/mol. The third kappa shape index (κ3) is 28.0. The maximum Gasteiger partial charge on any atom is -0.0414 e. The molecule has 0 aromatic heterocycles. The zero-order valence-corrected chi connectivity index (χ0v) is 22.4. The van der Waals surface area contributed by atoms with Crippen LogP contribution >= 0.6 is 0 Å². The number of rotatable bonds is 27. The molecule has 0 nitrogen and oxygen atoms in total. The Balaban J connectivity index is 3.13. The lowest BCUT2D eigenvalue weighted by Gasteiger charge is -2.11. The second-order valence-corrected chi connectivity index (χ2v) is 10.6. The highest BCUT2D eigenvalue weighted by Gasteiger charge is 2.02. The Hall–Kier alpha value is 0. The van der Waals surface area contributed by atoms with E-state index >= 15 is 0 Å². The van der Waals surface area contributed by atoms with Gasteiger partial charge in [0, 0.05) is 0 Å². The van der Waals surface area contributed by atoms with E-state index in [9.17, 15) is 0 Å². The molecule has 1 unspecified atom stereocenters. The third-order valence-electron chi connectivity index (χ3n) is 7.18. The van der Waals surface area contributed by atoms with E-state index < -0.39 is 0 Å². The van der Waals surface area contributed by atoms with Crippen molar-refractivity contribution in [3.63, 3.8) is 0 Å². The molecule has 31 heavy (non-hydrogen) atoms. The molecule has 0 spiro atoms. The Morgan fingerprint density at radius 1 is 0.323 bits per heavy atom. The molecule has 0 saturated carbocycles. The largest absolute Gasteiger partial charge is 0.0654 e. The van der Waals surface area contributed by atoms with Crippen LogP contribution in [0.4, 0.5) is 0 Å². The van der Waals surface area contributed by atoms with Gasteiger partial charge in [-0.25, -0.2) is 0 Å². The zero-order valence-electron chi connectivity index (χ0n) is 22.4. The summed E-state index contributed by atoms with van der Waals surface area (Å²) in [6, 6.07) is 0. The summed E-state index contributed by atoms with van der Waals surface area (Å²) in [5, 5.41) is 0. The van der Waals surface area contributed by atoms with Crippen molar-refractivity contribution in [2.24, 2.45) is 5.92 Å². The first-order chi connectivity index (χ1) is 15.3. The van der Waals surface area contributed by atoms with Gasteiger partial charge in [-0.3, -0.25) is 0 Å². The van der Waals surface area contributed by atoms with Crippen molar-refractivity contribution in [2.45, 2.75) is 187 Å². The monoisotopic (exact) mass is 435 g/mol. The van der Waals surface area contributed by atoms with E-state index in [-0.39, 0.29) is 0 Å². The zero-order chi connectivity index (χ0) is 22.7. The summed E-state index contributed by atoms with van der Waals surface area (Å²) in [5.74, 6) is 0.718. The van der Waals surface area contributed by atoms with Crippen molar-refractivity contribution in [3.05, 3.63) is 6.92 Å². The Morgan fingerprint density at radius 3 is 0.742 bits per heavy atom. The number of unbranched alkanes of at least 4 members (excludes halogenated alkanes) is 23. The minimum Gasteiger partial charge on any atom is -0.0654 e. The van der Waals surface area contributed by atoms with Crippen molar-refractivity contribution in [1.29, 1.82) is 0 Å². The smallest absolute Gasteiger partial charge is 0.0414 e. The summed E-state index contributed by atoms with van der Waals surface area (Å²) in [4.78, 5) is 0. The second kappa shape index (κ2) is 28.0. The first-order valence-electron chi connectivity index (χ1n) is 15.1. The molecule has 0 aliphatic rings. The molecule has 0 amide bonds. The van der Waals surface area contributed by atoms with Crippen molar-refractivity contribution in [1.82, 2.24) is 0 Å². The van der Waals surface area contributed by atoms with Gasteiger partial charge < -0.3 is 0 Å². The number of hydrogen-bond acceptors (Lipinski definition) is 0. The molecule has 0 heteroatoms. The first-order valence-corrected chi connectivity index (χ1v) is 15.1. The predicted molar refractivity (Wildman–Crippen MR) is 145 cm³/mol. The van der Waals surface area contributed by atoms with Gasteiger partial charge >= 0.3 is 0 Å². The Morgan fingerprint density at radius 2 is 0.516 bits per heavy atom. The Bertz CT molecular complexity index is 294. The summed E-state index contributed by atoms with van der Waals surface area (Å²) >= 11 is 0. The van der Waals surface area contributed by atoms with Crippen molar-refractivity contribution in [3.8, 4) is 0 Å². The van der Waals surface area contributed by atoms with Crippen LogP contribution in [0.2, 0.25) is 0 Å². The Labute approximate surface area is 200 Å². The van der Waals surface area contributed by atoms with E-state index in [0.29, 0.717) is 0 Å². The van der Waals surface area contributed by atoms with Crippen molar-refractivity contribution in [2.75, 3.05) is 0 Å². The van der Waals surface area contributed by atoms with Gasteiger partial charge in [-0.2, -0.15) is 0 Å². The van der Waals surface area contributed by atoms with Crippen LogP contribution in [0.15, 0.2) is 0 Å². The minimum absolute atomic E-state index is 0.718. The van der Waals surface area contributed by atoms with Gasteiger partial charge in [-0.15, -0.1) is 0 Å². The van der Waals surface area contributed by atoms with E-state index in [0.717, 1.165) is 5.92 Å². The molecule has 0 saturated heterocycles. The van der Waals surface area contributed by atoms with Crippen LogP contribution in [0.25, 0.3) is 0 Å². The van der Waals surface area contributed by atoms with Gasteiger partial charge in [-0.05, 0) is 5.92 Å². The summed E-state index contributed by atoms with van der Waals surface area (Å²) in [5.41, 5.74) is 0. The fourth-order valence-electron chi connectivity index (χ4n) is 4.87. The van der Waals surface area contributed by atoms with Crippen LogP contribution in [0.1, 0.15) is 187 Å². The molecule has 1 radical (unpaired) electrons. The SMILES string of the molecule is [CH2]C(CCCCCCCCCCCCCC)CCCCCCCCCCCCCCC. The highest BCUT2D eigenvalue weighted by molar-refractivity contribution is 4.62. The Kier molecular flexibility index (Phi) is 28.0. The van der Waals surface area contributed by atoms with Gasteiger partial charge in [0.05, 0.1) is 0 Å². The van der Waals surface area contributed by atoms with Crippen molar-refractivity contribution < 1.29 is 0 Å². The molecule has 187 valence electrons. The summed E-state index contributed by atoms with van der Waals surface area (Å²) < 4.78 is 0. The van der Waals surface area contributed by atoms with Crippen LogP contribution < -0.4 is 0 Å². The van der Waals surface area contributed by atoms with E-state index in [4.69, 9.17) is 0 Å². The topological polar surface area (TPSA) is 0 Å². The normalized spacial score (nSPS) is 12.5. The van der Waals surface area contributed by atoms with Crippen LogP contribution in [-0.4, -0.2) is 0 Å². The molecule has 0 aromatic carbocycles. The fraction of sp³-hybridized carbons (Fsp3) is 0.968. The molecule has 0 rings (SSSR count). The van der Waals surface area contributed by atoms with Crippen LogP contribution in [0, 0.1) is 12.8 Å². The summed E-state index contributed by atoms with van der Waals surface area (Å²) in [6.07, 6.45) is 39.1. The van der Waals surface area contributed by atoms with Gasteiger partial charge in [0.1, 0.15) is 0 Å². The maximum absolute atomic E-state index is 4.42. The molecule has 1 atom stereocenters. The van der Waals surface area contributed by atoms with Gasteiger partial charge in [0.25, 0.3) is 0 Å². The van der Waals surface area contributed by atoms with Gasteiger partial charge in [-0.1, -0.05) is 194 Å². The van der Waals surface area contributed by atoms with Crippen LogP contribution in [0.3, 0.4) is 0 Å². The van der Waals surface area contributed by atoms with Gasteiger partial charge in [0.15, 0.2) is 0 Å².